The molecular weight excluding hydrogens is 212 g/mol. The predicted molar refractivity (Wildman–Crippen MR) is 54.3 cm³/mol. The van der Waals surface area contributed by atoms with E-state index in [1.807, 2.05) is 0 Å². The summed E-state index contributed by atoms with van der Waals surface area (Å²) in [7, 11) is 0. The lowest BCUT2D eigenvalue weighted by Gasteiger charge is -2.22. The Morgan fingerprint density at radius 2 is 2.38 bits per heavy atom. The fraction of sp³-hybridized carbons (Fsp3) is 0.500. The number of nitrogens with one attached hydrogen (secondary N) is 3. The lowest BCUT2D eigenvalue weighted by atomic mass is 10.1. The van der Waals surface area contributed by atoms with Crippen molar-refractivity contribution in [2.45, 2.75) is 18.9 Å². The number of anilines is 1. The first-order chi connectivity index (χ1) is 7.66. The lowest BCUT2D eigenvalue weighted by Crippen LogP contribution is -2.50. The van der Waals surface area contributed by atoms with Gasteiger partial charge in [0.15, 0.2) is 0 Å². The van der Waals surface area contributed by atoms with E-state index in [-0.39, 0.29) is 17.7 Å². The molecule has 0 spiro atoms. The predicted octanol–water partition coefficient (Wildman–Crippen LogP) is -1.60. The molecule has 1 atom stereocenters. The van der Waals surface area contributed by atoms with Gasteiger partial charge in [-0.3, -0.25) is 14.7 Å². The summed E-state index contributed by atoms with van der Waals surface area (Å²) in [5.74, 6) is -0.646. The molecule has 1 saturated heterocycles. The van der Waals surface area contributed by atoms with Gasteiger partial charge in [-0.25, -0.2) is 0 Å². The number of H-pyrrole nitrogens is 1. The van der Waals surface area contributed by atoms with Crippen LogP contribution in [-0.4, -0.2) is 39.6 Å². The molecule has 1 aromatic rings. The monoisotopic (exact) mass is 224 g/mol. The van der Waals surface area contributed by atoms with Crippen LogP contribution < -0.4 is 16.4 Å². The summed E-state index contributed by atoms with van der Waals surface area (Å²) >= 11 is 0. The van der Waals surface area contributed by atoms with Crippen LogP contribution in [0.2, 0.25) is 0 Å². The zero-order chi connectivity index (χ0) is 11.5. The number of nitrogens with zero attached hydrogens (tertiary/aromatic N) is 2. The van der Waals surface area contributed by atoms with Gasteiger partial charge < -0.3 is 16.4 Å². The van der Waals surface area contributed by atoms with Crippen molar-refractivity contribution < 1.29 is 9.59 Å². The standard InChI is InChI=1S/C8H12N6O2/c9-8-12-5(13-14-8)7(16)11-4-2-1-3-10-6(4)15/h4H,1-3H2,(H,10,15)(H,11,16)(H3,9,12,13,14). The fourth-order valence-electron chi connectivity index (χ4n) is 1.51. The minimum absolute atomic E-state index is 0.00162. The second kappa shape index (κ2) is 4.17. The third-order valence-electron chi connectivity index (χ3n) is 2.31. The van der Waals surface area contributed by atoms with E-state index < -0.39 is 11.9 Å². The van der Waals surface area contributed by atoms with Gasteiger partial charge in [-0.15, -0.1) is 5.10 Å². The molecule has 5 N–H and O–H groups in total. The topological polar surface area (TPSA) is 126 Å². The van der Waals surface area contributed by atoms with Crippen molar-refractivity contribution in [3.63, 3.8) is 0 Å². The molecule has 1 aromatic heterocycles. The second-order valence-corrected chi connectivity index (χ2v) is 3.50. The summed E-state index contributed by atoms with van der Waals surface area (Å²) in [4.78, 5) is 26.6. The quantitative estimate of drug-likeness (QED) is 0.481. The van der Waals surface area contributed by atoms with Gasteiger partial charge in [0.1, 0.15) is 6.04 Å². The van der Waals surface area contributed by atoms with Crippen LogP contribution in [0.25, 0.3) is 0 Å². The van der Waals surface area contributed by atoms with Gasteiger partial charge in [0, 0.05) is 6.54 Å². The van der Waals surface area contributed by atoms with Gasteiger partial charge in [-0.05, 0) is 12.8 Å². The van der Waals surface area contributed by atoms with Gasteiger partial charge in [-0.2, -0.15) is 4.98 Å². The van der Waals surface area contributed by atoms with Crippen molar-refractivity contribution >= 4 is 17.8 Å². The van der Waals surface area contributed by atoms with Crippen LogP contribution in [0.4, 0.5) is 5.95 Å². The smallest absolute Gasteiger partial charge is 0.289 e. The molecule has 0 bridgehead atoms. The Morgan fingerprint density at radius 1 is 1.56 bits per heavy atom. The number of nitrogens with two attached hydrogens (primary N) is 1. The molecule has 0 saturated carbocycles. The highest BCUT2D eigenvalue weighted by molar-refractivity contribution is 5.95. The third-order valence-corrected chi connectivity index (χ3v) is 2.31. The number of hydrogen-bond acceptors (Lipinski definition) is 5. The molecule has 2 amide bonds. The Kier molecular flexibility index (Phi) is 2.71. The summed E-state index contributed by atoms with van der Waals surface area (Å²) in [6.07, 6.45) is 1.47. The van der Waals surface area contributed by atoms with Crippen LogP contribution in [0.15, 0.2) is 0 Å². The van der Waals surface area contributed by atoms with Crippen LogP contribution >= 0.6 is 0 Å². The molecule has 0 aliphatic carbocycles. The maximum absolute atomic E-state index is 11.6. The zero-order valence-corrected chi connectivity index (χ0v) is 8.49. The molecule has 16 heavy (non-hydrogen) atoms. The largest absolute Gasteiger partial charge is 0.366 e. The maximum Gasteiger partial charge on any atom is 0.289 e. The number of carbonyl (C=O) groups excluding carboxylic acids is 2. The average Bonchev–Trinajstić information content (AvgIpc) is 2.68. The van der Waals surface area contributed by atoms with Crippen LogP contribution in [-0.2, 0) is 4.79 Å². The maximum atomic E-state index is 11.6. The van der Waals surface area contributed by atoms with Crippen molar-refractivity contribution in [2.24, 2.45) is 0 Å². The Hall–Kier alpha value is -2.12. The highest BCUT2D eigenvalue weighted by Gasteiger charge is 2.25. The summed E-state index contributed by atoms with van der Waals surface area (Å²) in [6, 6.07) is -0.507. The molecular formula is C8H12N6O2. The molecule has 0 radical (unpaired) electrons. The number of piperidine rings is 1. The number of aromatic nitrogens is 3. The number of nitrogen functional groups attached to an aromatic ring is 1. The normalized spacial score (nSPS) is 20.2. The van der Waals surface area contributed by atoms with Crippen LogP contribution in [0.3, 0.4) is 0 Å². The first-order valence-electron chi connectivity index (χ1n) is 4.93. The van der Waals surface area contributed by atoms with E-state index in [0.717, 1.165) is 6.42 Å². The van der Waals surface area contributed by atoms with Crippen LogP contribution in [0.1, 0.15) is 23.5 Å². The van der Waals surface area contributed by atoms with E-state index in [4.69, 9.17) is 5.73 Å². The van der Waals surface area contributed by atoms with E-state index >= 15 is 0 Å². The van der Waals surface area contributed by atoms with Gasteiger partial charge in [-0.1, -0.05) is 0 Å². The highest BCUT2D eigenvalue weighted by atomic mass is 16.2. The van der Waals surface area contributed by atoms with Crippen LogP contribution in [0.5, 0.6) is 0 Å². The van der Waals surface area contributed by atoms with E-state index in [2.05, 4.69) is 25.8 Å². The Labute approximate surface area is 91.0 Å². The SMILES string of the molecule is Nc1n[nH]c(C(=O)NC2CCCNC2=O)n1. The molecule has 8 heteroatoms. The average molecular weight is 224 g/mol. The Balaban J connectivity index is 1.99. The molecule has 1 fully saturated rings. The van der Waals surface area contributed by atoms with E-state index in [0.29, 0.717) is 13.0 Å². The number of aromatic amines is 1. The van der Waals surface area contributed by atoms with Crippen molar-refractivity contribution in [1.82, 2.24) is 25.8 Å². The number of rotatable bonds is 2. The van der Waals surface area contributed by atoms with E-state index in [1.165, 1.54) is 0 Å². The van der Waals surface area contributed by atoms with Crippen molar-refractivity contribution in [1.29, 1.82) is 0 Å². The molecule has 86 valence electrons. The minimum atomic E-state index is -0.507. The van der Waals surface area contributed by atoms with Gasteiger partial charge in [0.05, 0.1) is 0 Å². The van der Waals surface area contributed by atoms with Crippen molar-refractivity contribution in [3.05, 3.63) is 5.82 Å². The summed E-state index contributed by atoms with van der Waals surface area (Å²) in [6.45, 7) is 0.653. The minimum Gasteiger partial charge on any atom is -0.366 e. The molecule has 1 aliphatic rings. The summed E-state index contributed by atoms with van der Waals surface area (Å²) in [5.41, 5.74) is 5.26. The Bertz CT molecular complexity index is 414. The van der Waals surface area contributed by atoms with E-state index in [1.54, 1.807) is 0 Å². The first kappa shape index (κ1) is 10.4. The van der Waals surface area contributed by atoms with Gasteiger partial charge >= 0.3 is 0 Å². The van der Waals surface area contributed by atoms with Gasteiger partial charge in [0.25, 0.3) is 5.91 Å². The van der Waals surface area contributed by atoms with E-state index in [9.17, 15) is 9.59 Å². The Morgan fingerprint density at radius 3 is 3.00 bits per heavy atom. The number of carbonyl (C=O) groups is 2. The first-order valence-corrected chi connectivity index (χ1v) is 4.93. The molecule has 2 rings (SSSR count). The molecule has 8 nitrogen and oxygen atoms in total. The summed E-state index contributed by atoms with van der Waals surface area (Å²) in [5, 5.41) is 11.1. The summed E-state index contributed by atoms with van der Waals surface area (Å²) < 4.78 is 0. The number of hydrogen-bond donors (Lipinski definition) is 4. The number of amides is 2. The second-order valence-electron chi connectivity index (χ2n) is 3.50. The molecule has 2 heterocycles. The molecule has 1 aliphatic heterocycles. The lowest BCUT2D eigenvalue weighted by molar-refractivity contribution is -0.124. The molecule has 1 unspecified atom stereocenters. The highest BCUT2D eigenvalue weighted by Crippen LogP contribution is 2.04. The van der Waals surface area contributed by atoms with Crippen LogP contribution in [0, 0.1) is 0 Å². The van der Waals surface area contributed by atoms with Crippen molar-refractivity contribution in [3.8, 4) is 0 Å². The fourth-order valence-corrected chi connectivity index (χ4v) is 1.51. The third kappa shape index (κ3) is 2.10. The zero-order valence-electron chi connectivity index (χ0n) is 8.49. The molecule has 0 aromatic carbocycles. The van der Waals surface area contributed by atoms with Crippen molar-refractivity contribution in [2.75, 3.05) is 12.3 Å². The van der Waals surface area contributed by atoms with Gasteiger partial charge in [0.2, 0.25) is 17.7 Å².